The van der Waals surface area contributed by atoms with E-state index in [1.54, 1.807) is 0 Å². The number of esters is 1. The molecule has 0 aliphatic rings. The zero-order chi connectivity index (χ0) is 21.3. The molecule has 3 aromatic rings. The molecular weight excluding hydrogens is 443 g/mol. The normalized spacial score (nSPS) is 12.3. The van der Waals surface area contributed by atoms with Crippen molar-refractivity contribution in [3.63, 3.8) is 0 Å². The Bertz CT molecular complexity index is 1290. The van der Waals surface area contributed by atoms with Gasteiger partial charge in [0, 0.05) is 6.26 Å². The lowest BCUT2D eigenvalue weighted by molar-refractivity contribution is -0.141. The van der Waals surface area contributed by atoms with Gasteiger partial charge in [-0.3, -0.25) is 9.59 Å². The summed E-state index contributed by atoms with van der Waals surface area (Å²) in [7, 11) is -2.25. The summed E-state index contributed by atoms with van der Waals surface area (Å²) in [6, 6.07) is 8.11. The van der Waals surface area contributed by atoms with E-state index in [1.807, 2.05) is 0 Å². The molecule has 1 aromatic heterocycles. The van der Waals surface area contributed by atoms with Gasteiger partial charge in [0.2, 0.25) is 0 Å². The zero-order valence-electron chi connectivity index (χ0n) is 15.2. The van der Waals surface area contributed by atoms with Crippen molar-refractivity contribution < 1.29 is 27.1 Å². The monoisotopic (exact) mass is 456 g/mol. The third-order valence-electron chi connectivity index (χ3n) is 3.97. The molecule has 0 fully saturated rings. The highest BCUT2D eigenvalue weighted by Crippen LogP contribution is 2.23. The molecular formula is C18H14ClFN2O5S2. The zero-order valence-corrected chi connectivity index (χ0v) is 17.6. The number of thiazole rings is 1. The smallest absolute Gasteiger partial charge is 0.325 e. The van der Waals surface area contributed by atoms with Crippen molar-refractivity contribution in [1.82, 2.24) is 4.57 Å². The minimum Gasteiger partial charge on any atom is -0.468 e. The molecule has 0 spiro atoms. The third-order valence-corrected chi connectivity index (χ3v) is 6.44. The van der Waals surface area contributed by atoms with E-state index in [0.29, 0.717) is 10.2 Å². The summed E-state index contributed by atoms with van der Waals surface area (Å²) < 4.78 is 44.2. The second-order valence-electron chi connectivity index (χ2n) is 5.96. The van der Waals surface area contributed by atoms with Crippen LogP contribution in [0.3, 0.4) is 0 Å². The van der Waals surface area contributed by atoms with Gasteiger partial charge in [0.15, 0.2) is 14.6 Å². The van der Waals surface area contributed by atoms with E-state index in [2.05, 4.69) is 9.73 Å². The predicted molar refractivity (Wildman–Crippen MR) is 106 cm³/mol. The third kappa shape index (κ3) is 4.39. The van der Waals surface area contributed by atoms with Crippen molar-refractivity contribution >= 4 is 54.9 Å². The summed E-state index contributed by atoms with van der Waals surface area (Å²) in [5, 5.41) is -0.0984. The highest BCUT2D eigenvalue weighted by atomic mass is 35.5. The summed E-state index contributed by atoms with van der Waals surface area (Å²) >= 11 is 6.90. The van der Waals surface area contributed by atoms with Crippen molar-refractivity contribution in [3.8, 4) is 0 Å². The Morgan fingerprint density at radius 2 is 2.00 bits per heavy atom. The number of ether oxygens (including phenoxy) is 1. The first kappa shape index (κ1) is 21.2. The van der Waals surface area contributed by atoms with Crippen molar-refractivity contribution in [3.05, 3.63) is 57.6 Å². The highest BCUT2D eigenvalue weighted by Gasteiger charge is 2.18. The van der Waals surface area contributed by atoms with Crippen LogP contribution in [0.25, 0.3) is 10.2 Å². The van der Waals surface area contributed by atoms with Crippen molar-refractivity contribution in [2.75, 3.05) is 13.4 Å². The summed E-state index contributed by atoms with van der Waals surface area (Å²) in [5.74, 6) is -2.36. The Balaban J connectivity index is 2.24. The van der Waals surface area contributed by atoms with Crippen LogP contribution in [0, 0.1) is 5.82 Å². The van der Waals surface area contributed by atoms with Crippen LogP contribution in [-0.4, -0.2) is 38.2 Å². The second kappa shape index (κ2) is 8.05. The van der Waals surface area contributed by atoms with Crippen LogP contribution in [0.2, 0.25) is 5.02 Å². The second-order valence-corrected chi connectivity index (χ2v) is 9.39. The predicted octanol–water partition coefficient (Wildman–Crippen LogP) is 2.81. The SMILES string of the molecule is COC(=O)Cn1c(=NC(=O)c2c(F)cccc2Cl)sc2cc(S(C)(=O)=O)ccc21. The van der Waals surface area contributed by atoms with Crippen LogP contribution in [0.4, 0.5) is 4.39 Å². The van der Waals surface area contributed by atoms with Gasteiger partial charge in [-0.1, -0.05) is 29.0 Å². The molecule has 0 unspecified atom stereocenters. The van der Waals surface area contributed by atoms with E-state index in [4.69, 9.17) is 11.6 Å². The number of aromatic nitrogens is 1. The average Bonchev–Trinajstić information content (AvgIpc) is 2.97. The number of nitrogens with zero attached hydrogens (tertiary/aromatic N) is 2. The number of hydrogen-bond acceptors (Lipinski definition) is 6. The van der Waals surface area contributed by atoms with Crippen molar-refractivity contribution in [2.24, 2.45) is 4.99 Å². The number of carbonyl (C=O) groups is 2. The fraction of sp³-hybridized carbons (Fsp3) is 0.167. The molecule has 1 heterocycles. The number of amides is 1. The van der Waals surface area contributed by atoms with Crippen molar-refractivity contribution in [2.45, 2.75) is 11.4 Å². The Hall–Kier alpha value is -2.56. The standard InChI is InChI=1S/C18H14ClFN2O5S2/c1-27-15(23)9-22-13-7-6-10(29(2,25)26)8-14(13)28-18(22)21-17(24)16-11(19)4-3-5-12(16)20/h3-8H,9H2,1-2H3. The number of methoxy groups -OCH3 is 1. The molecule has 0 aliphatic carbocycles. The van der Waals surface area contributed by atoms with Gasteiger partial charge in [-0.25, -0.2) is 12.8 Å². The number of carbonyl (C=O) groups excluding carboxylic acids is 2. The number of halogens is 2. The fourth-order valence-corrected chi connectivity index (χ4v) is 4.59. The van der Waals surface area contributed by atoms with Gasteiger partial charge >= 0.3 is 5.97 Å². The van der Waals surface area contributed by atoms with E-state index < -0.39 is 33.1 Å². The average molecular weight is 457 g/mol. The molecule has 0 atom stereocenters. The summed E-state index contributed by atoms with van der Waals surface area (Å²) in [5.41, 5.74) is 0.0760. The largest absolute Gasteiger partial charge is 0.468 e. The number of benzene rings is 2. The minimum absolute atomic E-state index is 0.0698. The van der Waals surface area contributed by atoms with Gasteiger partial charge in [0.25, 0.3) is 5.91 Å². The van der Waals surface area contributed by atoms with Crippen molar-refractivity contribution in [1.29, 1.82) is 0 Å². The van der Waals surface area contributed by atoms with Crippen LogP contribution in [0.5, 0.6) is 0 Å². The van der Waals surface area contributed by atoms with Gasteiger partial charge in [-0.15, -0.1) is 0 Å². The summed E-state index contributed by atoms with van der Waals surface area (Å²) in [6.45, 7) is -0.272. The van der Waals surface area contributed by atoms with Gasteiger partial charge in [0.1, 0.15) is 12.4 Å². The van der Waals surface area contributed by atoms with E-state index in [1.165, 1.54) is 42.0 Å². The number of fused-ring (bicyclic) bond motifs is 1. The van der Waals surface area contributed by atoms with Gasteiger partial charge in [-0.2, -0.15) is 4.99 Å². The maximum Gasteiger partial charge on any atom is 0.325 e. The molecule has 0 saturated heterocycles. The molecule has 0 bridgehead atoms. The molecule has 0 radical (unpaired) electrons. The lowest BCUT2D eigenvalue weighted by Crippen LogP contribution is -2.22. The molecule has 1 amide bonds. The van der Waals surface area contributed by atoms with Gasteiger partial charge in [0.05, 0.1) is 32.8 Å². The Morgan fingerprint density at radius 1 is 1.28 bits per heavy atom. The number of rotatable bonds is 4. The van der Waals surface area contributed by atoms with Crippen LogP contribution < -0.4 is 4.80 Å². The minimum atomic E-state index is -3.46. The fourth-order valence-electron chi connectivity index (χ4n) is 2.56. The van der Waals surface area contributed by atoms with Crippen LogP contribution >= 0.6 is 22.9 Å². The molecule has 152 valence electrons. The number of hydrogen-bond donors (Lipinski definition) is 0. The molecule has 7 nitrogen and oxygen atoms in total. The molecule has 2 aromatic carbocycles. The maximum absolute atomic E-state index is 14.0. The Labute approximate surface area is 173 Å². The number of sulfone groups is 1. The first-order valence-corrected chi connectivity index (χ1v) is 11.1. The molecule has 3 rings (SSSR count). The van der Waals surface area contributed by atoms with Gasteiger partial charge < -0.3 is 9.30 Å². The van der Waals surface area contributed by atoms with Crippen LogP contribution in [0.1, 0.15) is 10.4 Å². The van der Waals surface area contributed by atoms with E-state index in [-0.39, 0.29) is 21.3 Å². The lowest BCUT2D eigenvalue weighted by atomic mass is 10.2. The maximum atomic E-state index is 14.0. The first-order valence-electron chi connectivity index (χ1n) is 8.05. The summed E-state index contributed by atoms with van der Waals surface area (Å²) in [6.07, 6.45) is 1.07. The quantitative estimate of drug-likeness (QED) is 0.562. The molecule has 11 heteroatoms. The molecule has 0 aliphatic heterocycles. The Morgan fingerprint density at radius 3 is 2.62 bits per heavy atom. The van der Waals surface area contributed by atoms with Crippen LogP contribution in [0.15, 0.2) is 46.3 Å². The summed E-state index contributed by atoms with van der Waals surface area (Å²) in [4.78, 5) is 28.5. The molecule has 0 N–H and O–H groups in total. The van der Waals surface area contributed by atoms with E-state index in [9.17, 15) is 22.4 Å². The highest BCUT2D eigenvalue weighted by molar-refractivity contribution is 7.90. The van der Waals surface area contributed by atoms with Gasteiger partial charge in [-0.05, 0) is 30.3 Å². The lowest BCUT2D eigenvalue weighted by Gasteiger charge is -2.05. The van der Waals surface area contributed by atoms with E-state index >= 15 is 0 Å². The van der Waals surface area contributed by atoms with E-state index in [0.717, 1.165) is 23.7 Å². The topological polar surface area (TPSA) is 94.8 Å². The molecule has 29 heavy (non-hydrogen) atoms. The first-order chi connectivity index (χ1) is 13.6. The molecule has 0 saturated carbocycles. The Kier molecular flexibility index (Phi) is 5.87. The van der Waals surface area contributed by atoms with Crippen LogP contribution in [-0.2, 0) is 25.9 Å².